The Kier molecular flexibility index (Phi) is 9.04. The van der Waals surface area contributed by atoms with E-state index in [2.05, 4.69) is 67.5 Å². The molecule has 0 aromatic heterocycles. The molecule has 0 amide bonds. The fraction of sp³-hybridized carbons (Fsp3) is 0.838. The van der Waals surface area contributed by atoms with E-state index in [4.69, 9.17) is 4.74 Å². The second-order valence-corrected chi connectivity index (χ2v) is 18.5. The zero-order valence-electron chi connectivity index (χ0n) is 27.3. The van der Waals surface area contributed by atoms with Crippen LogP contribution in [0.4, 0.5) is 0 Å². The standard InChI is InChI=1S/C37H60O2Se/c1-23(2)11-10-12-25(4)30-13-14-31-29-21-33(40-34-26(5)19-24(3)20-27(34)6)37(38)22-28(39-9)15-18-36(37,8)32(29)16-17-35(30,31)7/h19-20,23,25,28-33,38H,10-18,21-22H2,1-9H3/t25-,28+,29+,30-,31+,32+,33-,35-,36-,37+/m1/s1. The number of aryl methyl sites for hydroxylation is 3. The van der Waals surface area contributed by atoms with E-state index in [-0.39, 0.29) is 26.5 Å². The molecule has 0 aliphatic heterocycles. The van der Waals surface area contributed by atoms with Gasteiger partial charge < -0.3 is 0 Å². The van der Waals surface area contributed by atoms with Gasteiger partial charge in [-0.15, -0.1) is 0 Å². The van der Waals surface area contributed by atoms with Crippen LogP contribution in [0.15, 0.2) is 12.1 Å². The van der Waals surface area contributed by atoms with Crippen LogP contribution in [-0.4, -0.2) is 38.9 Å². The summed E-state index contributed by atoms with van der Waals surface area (Å²) in [6.45, 7) is 19.4. The van der Waals surface area contributed by atoms with Crippen molar-refractivity contribution >= 4 is 19.4 Å². The van der Waals surface area contributed by atoms with Crippen LogP contribution >= 0.6 is 0 Å². The van der Waals surface area contributed by atoms with Crippen LogP contribution in [-0.2, 0) is 4.74 Å². The molecule has 10 atom stereocenters. The first kappa shape index (κ1) is 31.1. The molecule has 0 saturated heterocycles. The van der Waals surface area contributed by atoms with Gasteiger partial charge in [0.05, 0.1) is 0 Å². The minimum absolute atomic E-state index is 0.00612. The number of fused-ring (bicyclic) bond motifs is 5. The Bertz CT molecular complexity index is 1030. The first-order valence-corrected chi connectivity index (χ1v) is 18.7. The SMILES string of the molecule is CO[C@H]1CC[C@]2(C)[C@H]3CC[C@]4(C)[C@@H]([C@H](C)CCCC(C)C)CC[C@H]4[C@@H]3C[C@@H]([Se]c3c(C)cc(C)cc3C)[C@@]2(O)C1. The fourth-order valence-electron chi connectivity index (χ4n) is 11.1. The minimum atomic E-state index is -0.618. The van der Waals surface area contributed by atoms with Gasteiger partial charge in [-0.3, -0.25) is 0 Å². The van der Waals surface area contributed by atoms with Crippen molar-refractivity contribution in [1.82, 2.24) is 0 Å². The maximum atomic E-state index is 13.0. The van der Waals surface area contributed by atoms with Crippen molar-refractivity contribution < 1.29 is 9.84 Å². The average Bonchev–Trinajstić information content (AvgIpc) is 3.23. The third kappa shape index (κ3) is 5.20. The molecule has 3 heteroatoms. The third-order valence-electron chi connectivity index (χ3n) is 13.2. The maximum absolute atomic E-state index is 13.0. The van der Waals surface area contributed by atoms with Gasteiger partial charge in [0.15, 0.2) is 0 Å². The summed E-state index contributed by atoms with van der Waals surface area (Å²) in [5.74, 6) is 4.82. The van der Waals surface area contributed by atoms with Gasteiger partial charge in [-0.05, 0) is 0 Å². The number of methoxy groups -OCH3 is 1. The van der Waals surface area contributed by atoms with Crippen LogP contribution < -0.4 is 4.46 Å². The molecule has 1 N–H and O–H groups in total. The Labute approximate surface area is 253 Å². The number of benzene rings is 1. The van der Waals surface area contributed by atoms with Crippen LogP contribution in [0.5, 0.6) is 0 Å². The summed E-state index contributed by atoms with van der Waals surface area (Å²) in [7, 11) is 1.86. The van der Waals surface area contributed by atoms with Crippen LogP contribution in [0.3, 0.4) is 0 Å². The first-order chi connectivity index (χ1) is 18.8. The Morgan fingerprint density at radius 2 is 1.65 bits per heavy atom. The van der Waals surface area contributed by atoms with Crippen LogP contribution in [0, 0.1) is 67.1 Å². The second kappa shape index (κ2) is 11.6. The van der Waals surface area contributed by atoms with Gasteiger partial charge >= 0.3 is 254 Å². The van der Waals surface area contributed by atoms with E-state index >= 15 is 0 Å². The predicted molar refractivity (Wildman–Crippen MR) is 171 cm³/mol. The molecule has 40 heavy (non-hydrogen) atoms. The Balaban J connectivity index is 1.46. The molecule has 4 aliphatic rings. The topological polar surface area (TPSA) is 29.5 Å². The number of aliphatic hydroxyl groups is 1. The van der Waals surface area contributed by atoms with Crippen molar-refractivity contribution in [2.45, 2.75) is 143 Å². The molecule has 4 aliphatic carbocycles. The molecule has 1 aromatic rings. The van der Waals surface area contributed by atoms with Crippen molar-refractivity contribution in [3.05, 3.63) is 28.8 Å². The van der Waals surface area contributed by atoms with Gasteiger partial charge in [0.1, 0.15) is 0 Å². The first-order valence-electron chi connectivity index (χ1n) is 16.8. The van der Waals surface area contributed by atoms with Crippen molar-refractivity contribution in [2.75, 3.05) is 7.11 Å². The summed E-state index contributed by atoms with van der Waals surface area (Å²) in [5, 5.41) is 13.0. The number of ether oxygens (including phenoxy) is 1. The van der Waals surface area contributed by atoms with Crippen molar-refractivity contribution in [3.8, 4) is 0 Å². The zero-order chi connectivity index (χ0) is 29.0. The quantitative estimate of drug-likeness (QED) is 0.297. The molecule has 0 radical (unpaired) electrons. The van der Waals surface area contributed by atoms with Gasteiger partial charge in [-0.1, -0.05) is 0 Å². The second-order valence-electron chi connectivity index (χ2n) is 15.9. The van der Waals surface area contributed by atoms with E-state index in [0.29, 0.717) is 16.1 Å². The van der Waals surface area contributed by atoms with Crippen LogP contribution in [0.25, 0.3) is 0 Å². The molecule has 2 nitrogen and oxygen atoms in total. The third-order valence-corrected chi connectivity index (χ3v) is 16.9. The Hall–Kier alpha value is -0.341. The Morgan fingerprint density at radius 3 is 2.30 bits per heavy atom. The molecule has 0 bridgehead atoms. The van der Waals surface area contributed by atoms with Gasteiger partial charge in [-0.2, -0.15) is 0 Å². The summed E-state index contributed by atoms with van der Waals surface area (Å²) in [5.41, 5.74) is 4.11. The van der Waals surface area contributed by atoms with Crippen LogP contribution in [0.2, 0.25) is 4.82 Å². The molecule has 0 heterocycles. The van der Waals surface area contributed by atoms with Crippen molar-refractivity contribution in [2.24, 2.45) is 46.3 Å². The molecular weight excluding hydrogens is 555 g/mol. The predicted octanol–water partition coefficient (Wildman–Crippen LogP) is 8.59. The zero-order valence-corrected chi connectivity index (χ0v) is 29.0. The molecule has 0 spiro atoms. The van der Waals surface area contributed by atoms with E-state index in [0.717, 1.165) is 48.9 Å². The molecule has 4 fully saturated rings. The fourth-order valence-corrected chi connectivity index (χ4v) is 14.5. The monoisotopic (exact) mass is 616 g/mol. The number of hydrogen-bond acceptors (Lipinski definition) is 2. The van der Waals surface area contributed by atoms with Gasteiger partial charge in [0.25, 0.3) is 0 Å². The van der Waals surface area contributed by atoms with E-state index < -0.39 is 5.60 Å². The molecule has 4 saturated carbocycles. The van der Waals surface area contributed by atoms with Crippen molar-refractivity contribution in [3.63, 3.8) is 0 Å². The molecular formula is C37H60O2Se. The summed E-state index contributed by atoms with van der Waals surface area (Å²) < 4.78 is 7.52. The molecule has 5 rings (SSSR count). The van der Waals surface area contributed by atoms with Crippen LogP contribution in [0.1, 0.15) is 122 Å². The summed E-state index contributed by atoms with van der Waals surface area (Å²) in [6, 6.07) is 4.75. The Morgan fingerprint density at radius 1 is 0.950 bits per heavy atom. The summed E-state index contributed by atoms with van der Waals surface area (Å²) >= 11 is 0.258. The van der Waals surface area contributed by atoms with E-state index in [9.17, 15) is 5.11 Å². The van der Waals surface area contributed by atoms with Crippen molar-refractivity contribution in [1.29, 1.82) is 0 Å². The van der Waals surface area contributed by atoms with E-state index in [1.165, 1.54) is 68.1 Å². The normalized spacial score (nSPS) is 41.9. The van der Waals surface area contributed by atoms with Gasteiger partial charge in [0.2, 0.25) is 0 Å². The molecule has 1 aromatic carbocycles. The number of hydrogen-bond donors (Lipinski definition) is 1. The summed E-state index contributed by atoms with van der Waals surface area (Å²) in [4.78, 5) is 0.370. The molecule has 226 valence electrons. The van der Waals surface area contributed by atoms with E-state index in [1.54, 1.807) is 4.46 Å². The van der Waals surface area contributed by atoms with Gasteiger partial charge in [-0.25, -0.2) is 0 Å². The molecule has 0 unspecified atom stereocenters. The number of rotatable bonds is 8. The van der Waals surface area contributed by atoms with E-state index in [1.807, 2.05) is 7.11 Å². The average molecular weight is 616 g/mol. The van der Waals surface area contributed by atoms with Gasteiger partial charge in [0, 0.05) is 0 Å². The summed E-state index contributed by atoms with van der Waals surface area (Å²) in [6.07, 6.45) is 14.2.